The Labute approximate surface area is 219 Å². The van der Waals surface area contributed by atoms with Crippen LogP contribution in [-0.2, 0) is 10.2 Å². The average Bonchev–Trinajstić information content (AvgIpc) is 2.86. The summed E-state index contributed by atoms with van der Waals surface area (Å²) in [6.45, 7) is 2.19. The number of carbonyl (C=O) groups is 1. The van der Waals surface area contributed by atoms with Crippen LogP contribution >= 0.6 is 37.0 Å². The van der Waals surface area contributed by atoms with Crippen molar-refractivity contribution in [1.82, 2.24) is 0 Å². The molecule has 0 aliphatic rings. The average molecular weight is 511 g/mol. The number of hydrogen-bond donors (Lipinski definition) is 3. The van der Waals surface area contributed by atoms with E-state index in [4.69, 9.17) is 0 Å². The van der Waals surface area contributed by atoms with Gasteiger partial charge in [0.15, 0.2) is 4.08 Å². The maximum atomic E-state index is 11.4. The van der Waals surface area contributed by atoms with E-state index in [1.54, 1.807) is 0 Å². The molecule has 3 aromatic rings. The SMILES string of the molecule is CCSC(CCCC(S)(S)C(=O)O)CCC(c1ccccc1)(c1ccccc1)c1ccccc1. The molecule has 0 aromatic heterocycles. The monoisotopic (exact) mass is 510 g/mol. The topological polar surface area (TPSA) is 37.3 Å². The summed E-state index contributed by atoms with van der Waals surface area (Å²) < 4.78 is -1.27. The van der Waals surface area contributed by atoms with Crippen LogP contribution in [-0.4, -0.2) is 26.2 Å². The molecule has 1 N–H and O–H groups in total. The van der Waals surface area contributed by atoms with Crippen molar-refractivity contribution in [3.63, 3.8) is 0 Å². The molecule has 1 atom stereocenters. The van der Waals surface area contributed by atoms with E-state index >= 15 is 0 Å². The number of benzene rings is 3. The molecule has 34 heavy (non-hydrogen) atoms. The Hall–Kier alpha value is -1.82. The van der Waals surface area contributed by atoms with Crippen LogP contribution in [0.25, 0.3) is 0 Å². The van der Waals surface area contributed by atoms with Gasteiger partial charge in [-0.25, -0.2) is 4.79 Å². The van der Waals surface area contributed by atoms with Gasteiger partial charge in [-0.05, 0) is 54.5 Å². The number of hydrogen-bond acceptors (Lipinski definition) is 4. The Bertz CT molecular complexity index is 911. The zero-order chi connectivity index (χ0) is 24.4. The van der Waals surface area contributed by atoms with E-state index in [0.717, 1.165) is 31.4 Å². The van der Waals surface area contributed by atoms with Crippen LogP contribution in [0.1, 0.15) is 55.7 Å². The second-order valence-electron chi connectivity index (χ2n) is 8.63. The van der Waals surface area contributed by atoms with Crippen LogP contribution in [0.5, 0.6) is 0 Å². The molecule has 0 saturated carbocycles. The van der Waals surface area contributed by atoms with E-state index in [1.807, 2.05) is 11.8 Å². The van der Waals surface area contributed by atoms with E-state index in [0.29, 0.717) is 11.7 Å². The van der Waals surface area contributed by atoms with Gasteiger partial charge in [0.1, 0.15) is 0 Å². The molecule has 0 amide bonds. The van der Waals surface area contributed by atoms with Crippen LogP contribution in [0, 0.1) is 0 Å². The van der Waals surface area contributed by atoms with E-state index in [-0.39, 0.29) is 5.41 Å². The van der Waals surface area contributed by atoms with Crippen molar-refractivity contribution in [2.45, 2.75) is 53.8 Å². The first-order chi connectivity index (χ1) is 16.4. The Morgan fingerprint density at radius 2 is 1.24 bits per heavy atom. The van der Waals surface area contributed by atoms with E-state index in [2.05, 4.69) is 123 Å². The first-order valence-corrected chi connectivity index (χ1v) is 13.8. The van der Waals surface area contributed by atoms with Gasteiger partial charge in [-0.15, -0.1) is 0 Å². The predicted octanol–water partition coefficient (Wildman–Crippen LogP) is 7.73. The molecule has 0 saturated heterocycles. The molecule has 0 aliphatic heterocycles. The summed E-state index contributed by atoms with van der Waals surface area (Å²) in [5, 5.41) is 9.78. The van der Waals surface area contributed by atoms with E-state index in [9.17, 15) is 9.90 Å². The van der Waals surface area contributed by atoms with Crippen molar-refractivity contribution >= 4 is 43.0 Å². The Morgan fingerprint density at radius 3 is 1.62 bits per heavy atom. The maximum absolute atomic E-state index is 11.4. The van der Waals surface area contributed by atoms with Gasteiger partial charge in [0.2, 0.25) is 0 Å². The van der Waals surface area contributed by atoms with Gasteiger partial charge in [-0.1, -0.05) is 97.9 Å². The second kappa shape index (κ2) is 12.8. The number of thioether (sulfide) groups is 1. The normalized spacial score (nSPS) is 12.9. The summed E-state index contributed by atoms with van der Waals surface area (Å²) in [4.78, 5) is 11.4. The smallest absolute Gasteiger partial charge is 0.329 e. The lowest BCUT2D eigenvalue weighted by molar-refractivity contribution is -0.137. The van der Waals surface area contributed by atoms with Crippen molar-refractivity contribution in [3.8, 4) is 0 Å². The fraction of sp³-hybridized carbons (Fsp3) is 0.345. The summed E-state index contributed by atoms with van der Waals surface area (Å²) in [6.07, 6.45) is 4.16. The number of carboxylic acids is 1. The quantitative estimate of drug-likeness (QED) is 0.125. The standard InChI is InChI=1S/C29H34O2S3/c1-2-34-26(19-12-21-29(32,33)27(30)31)20-22-28(23-13-6-3-7-14-23,24-15-8-4-9-16-24)25-17-10-5-11-18-25/h3-11,13-18,26,32-33H,2,12,19-22H2,1H3,(H,30,31). The molecular weight excluding hydrogens is 477 g/mol. The lowest BCUT2D eigenvalue weighted by atomic mass is 9.66. The van der Waals surface area contributed by atoms with Gasteiger partial charge in [0, 0.05) is 10.7 Å². The molecule has 3 rings (SSSR count). The van der Waals surface area contributed by atoms with Crippen molar-refractivity contribution in [2.75, 3.05) is 5.75 Å². The van der Waals surface area contributed by atoms with Gasteiger partial charge in [-0.2, -0.15) is 37.0 Å². The first-order valence-electron chi connectivity index (χ1n) is 11.9. The molecule has 0 fully saturated rings. The van der Waals surface area contributed by atoms with Crippen molar-refractivity contribution in [2.24, 2.45) is 0 Å². The zero-order valence-electron chi connectivity index (χ0n) is 19.6. The third-order valence-corrected chi connectivity index (χ3v) is 8.54. The Morgan fingerprint density at radius 1 is 0.794 bits per heavy atom. The second-order valence-corrected chi connectivity index (χ2v) is 12.1. The number of aliphatic carboxylic acids is 1. The molecule has 0 radical (unpaired) electrons. The molecule has 0 spiro atoms. The summed E-state index contributed by atoms with van der Waals surface area (Å²) in [7, 11) is 0. The van der Waals surface area contributed by atoms with Gasteiger partial charge in [0.05, 0.1) is 0 Å². The Balaban J connectivity index is 1.93. The van der Waals surface area contributed by atoms with Crippen molar-refractivity contribution in [1.29, 1.82) is 0 Å². The van der Waals surface area contributed by atoms with Gasteiger partial charge in [0.25, 0.3) is 0 Å². The highest BCUT2D eigenvalue weighted by atomic mass is 32.2. The molecule has 1 unspecified atom stereocenters. The van der Waals surface area contributed by atoms with Crippen LogP contribution in [0.15, 0.2) is 91.0 Å². The zero-order valence-corrected chi connectivity index (χ0v) is 22.2. The fourth-order valence-electron chi connectivity index (χ4n) is 4.71. The van der Waals surface area contributed by atoms with Gasteiger partial charge < -0.3 is 5.11 Å². The molecule has 0 aliphatic carbocycles. The predicted molar refractivity (Wildman–Crippen MR) is 153 cm³/mol. The van der Waals surface area contributed by atoms with Crippen molar-refractivity contribution < 1.29 is 9.90 Å². The highest BCUT2D eigenvalue weighted by Crippen LogP contribution is 2.44. The first kappa shape index (κ1) is 26.8. The maximum Gasteiger partial charge on any atom is 0.329 e. The van der Waals surface area contributed by atoms with Gasteiger partial charge >= 0.3 is 5.97 Å². The van der Waals surface area contributed by atoms with E-state index < -0.39 is 10.0 Å². The Kier molecular flexibility index (Phi) is 10.0. The minimum Gasteiger partial charge on any atom is -0.480 e. The van der Waals surface area contributed by atoms with E-state index in [1.165, 1.54) is 16.7 Å². The van der Waals surface area contributed by atoms with Crippen molar-refractivity contribution in [3.05, 3.63) is 108 Å². The summed E-state index contributed by atoms with van der Waals surface area (Å²) in [5.41, 5.74) is 3.63. The molecule has 5 heteroatoms. The highest BCUT2D eigenvalue weighted by Gasteiger charge is 2.36. The fourth-order valence-corrected chi connectivity index (χ4v) is 6.11. The number of carboxylic acid groups (broad SMARTS) is 1. The molecule has 2 nitrogen and oxygen atoms in total. The molecule has 0 bridgehead atoms. The highest BCUT2D eigenvalue weighted by molar-refractivity contribution is 8.02. The van der Waals surface area contributed by atoms with Crippen LogP contribution in [0.3, 0.4) is 0 Å². The van der Waals surface area contributed by atoms with Crippen LogP contribution in [0.4, 0.5) is 0 Å². The third kappa shape index (κ3) is 6.65. The van der Waals surface area contributed by atoms with Crippen LogP contribution in [0.2, 0.25) is 0 Å². The lowest BCUT2D eigenvalue weighted by Gasteiger charge is -2.37. The molecular formula is C29H34O2S3. The minimum absolute atomic E-state index is 0.256. The molecule has 3 aromatic carbocycles. The van der Waals surface area contributed by atoms with Gasteiger partial charge in [-0.3, -0.25) is 0 Å². The summed E-state index contributed by atoms with van der Waals surface area (Å²) in [6, 6.07) is 32.4. The summed E-state index contributed by atoms with van der Waals surface area (Å²) in [5.74, 6) is 0.0565. The number of thiol groups is 2. The largest absolute Gasteiger partial charge is 0.480 e. The molecule has 0 heterocycles. The lowest BCUT2D eigenvalue weighted by Crippen LogP contribution is -2.31. The third-order valence-electron chi connectivity index (χ3n) is 6.44. The molecule has 180 valence electrons. The minimum atomic E-state index is -1.27. The summed E-state index contributed by atoms with van der Waals surface area (Å²) >= 11 is 10.4. The number of rotatable bonds is 13. The van der Waals surface area contributed by atoms with Crippen LogP contribution < -0.4 is 0 Å².